The number of anilines is 15. The molecule has 0 amide bonds. The van der Waals surface area contributed by atoms with Crippen LogP contribution < -0.4 is 24.5 Å². The number of para-hydroxylation sites is 11. The SMILES string of the molecule is c1ccc(N2c3ccccc3N(c3ccc(N4c5ccccc5N(c5ccc(N6c7ccccc7Cc7ccccc76)cc5)c5ccccc54)cc3)c3ccccc32)cc1. The van der Waals surface area contributed by atoms with Gasteiger partial charge in [-0.2, -0.15) is 0 Å². The Morgan fingerprint density at radius 2 is 0.383 bits per heavy atom. The van der Waals surface area contributed by atoms with Gasteiger partial charge in [0.15, 0.2) is 0 Å². The fourth-order valence-corrected chi connectivity index (χ4v) is 9.45. The average Bonchev–Trinajstić information content (AvgIpc) is 3.32. The van der Waals surface area contributed by atoms with Crippen LogP contribution in [0, 0.1) is 0 Å². The van der Waals surface area contributed by atoms with Gasteiger partial charge in [0.2, 0.25) is 0 Å². The van der Waals surface area contributed by atoms with Crippen LogP contribution in [0.5, 0.6) is 0 Å². The van der Waals surface area contributed by atoms with Crippen molar-refractivity contribution in [3.8, 4) is 0 Å². The summed E-state index contributed by atoms with van der Waals surface area (Å²) in [5, 5.41) is 0. The molecule has 12 rings (SSSR count). The van der Waals surface area contributed by atoms with Crippen LogP contribution in [-0.2, 0) is 6.42 Å². The molecular weight excluding hydrogens is 731 g/mol. The van der Waals surface area contributed by atoms with Crippen LogP contribution >= 0.6 is 0 Å². The van der Waals surface area contributed by atoms with Crippen LogP contribution in [0.2, 0.25) is 0 Å². The molecule has 0 N–H and O–H groups in total. The second-order valence-corrected chi connectivity index (χ2v) is 15.4. The van der Waals surface area contributed by atoms with E-state index in [9.17, 15) is 0 Å². The predicted octanol–water partition coefficient (Wildman–Crippen LogP) is 15.6. The van der Waals surface area contributed by atoms with Crippen LogP contribution in [0.4, 0.5) is 85.3 Å². The summed E-state index contributed by atoms with van der Waals surface area (Å²) in [6.45, 7) is 0. The van der Waals surface area contributed by atoms with Crippen molar-refractivity contribution < 1.29 is 0 Å². The van der Waals surface area contributed by atoms with Gasteiger partial charge in [-0.25, -0.2) is 0 Å². The van der Waals surface area contributed by atoms with Gasteiger partial charge in [0.05, 0.1) is 45.5 Å². The standard InChI is InChI=1S/C55H39N5/c1-2-18-41(19-3-1)57-48-22-8-10-24-50(48)58(51-25-11-9-23-49(51)57)44-34-36-45(37-35-44)60-54-28-14-12-26-52(54)59(53-27-13-15-29-55(53)60)43-32-30-42(31-33-43)56-46-20-6-4-16-39(46)38-40-17-5-7-21-47(40)56/h1-37H,38H2. The molecule has 0 radical (unpaired) electrons. The monoisotopic (exact) mass is 769 g/mol. The maximum Gasteiger partial charge on any atom is 0.0703 e. The van der Waals surface area contributed by atoms with Crippen molar-refractivity contribution in [3.63, 3.8) is 0 Å². The summed E-state index contributed by atoms with van der Waals surface area (Å²) in [6, 6.07) is 81.1. The molecule has 0 aliphatic carbocycles. The molecule has 9 aromatic carbocycles. The number of benzene rings is 9. The van der Waals surface area contributed by atoms with Crippen LogP contribution in [0.15, 0.2) is 224 Å². The van der Waals surface area contributed by atoms with Crippen molar-refractivity contribution in [2.45, 2.75) is 6.42 Å². The highest BCUT2D eigenvalue weighted by atomic mass is 15.3. The molecule has 0 aromatic heterocycles. The summed E-state index contributed by atoms with van der Waals surface area (Å²) in [7, 11) is 0. The molecule has 3 aliphatic heterocycles. The normalized spacial score (nSPS) is 13.4. The Kier molecular flexibility index (Phi) is 7.85. The molecule has 0 fully saturated rings. The largest absolute Gasteiger partial charge is 0.310 e. The van der Waals surface area contributed by atoms with Crippen molar-refractivity contribution in [2.24, 2.45) is 0 Å². The van der Waals surface area contributed by atoms with E-state index in [1.165, 1.54) is 22.5 Å². The van der Waals surface area contributed by atoms with E-state index in [1.807, 2.05) is 0 Å². The Labute approximate surface area is 350 Å². The second kappa shape index (κ2) is 13.8. The van der Waals surface area contributed by atoms with Crippen molar-refractivity contribution in [2.75, 3.05) is 24.5 Å². The lowest BCUT2D eigenvalue weighted by Gasteiger charge is -2.41. The van der Waals surface area contributed by atoms with Gasteiger partial charge < -0.3 is 24.5 Å². The smallest absolute Gasteiger partial charge is 0.0703 e. The number of nitrogens with zero attached hydrogens (tertiary/aromatic N) is 5. The molecule has 0 saturated carbocycles. The minimum absolute atomic E-state index is 0.940. The molecule has 0 unspecified atom stereocenters. The molecule has 3 aliphatic rings. The zero-order valence-corrected chi connectivity index (χ0v) is 32.8. The summed E-state index contributed by atoms with van der Waals surface area (Å²) >= 11 is 0. The van der Waals surface area contributed by atoms with Gasteiger partial charge in [-0.05, 0) is 132 Å². The summed E-state index contributed by atoms with van der Waals surface area (Å²) in [6.07, 6.45) is 0.940. The Bertz CT molecular complexity index is 2910. The first-order chi connectivity index (χ1) is 29.8. The molecule has 5 heteroatoms. The van der Waals surface area contributed by atoms with Gasteiger partial charge in [0.25, 0.3) is 0 Å². The van der Waals surface area contributed by atoms with E-state index in [2.05, 4.69) is 249 Å². The van der Waals surface area contributed by atoms with Gasteiger partial charge in [-0.15, -0.1) is 0 Å². The zero-order chi connectivity index (χ0) is 39.6. The van der Waals surface area contributed by atoms with E-state index >= 15 is 0 Å². The first-order valence-corrected chi connectivity index (χ1v) is 20.6. The Morgan fingerprint density at radius 3 is 0.667 bits per heavy atom. The molecule has 0 spiro atoms. The van der Waals surface area contributed by atoms with E-state index < -0.39 is 0 Å². The molecule has 0 bridgehead atoms. The highest BCUT2D eigenvalue weighted by Gasteiger charge is 2.33. The van der Waals surface area contributed by atoms with E-state index in [0.717, 1.165) is 80.4 Å². The van der Waals surface area contributed by atoms with Gasteiger partial charge in [-0.3, -0.25) is 0 Å². The maximum atomic E-state index is 2.40. The Morgan fingerprint density at radius 1 is 0.183 bits per heavy atom. The van der Waals surface area contributed by atoms with Crippen molar-refractivity contribution in [3.05, 3.63) is 236 Å². The molecular formula is C55H39N5. The molecule has 60 heavy (non-hydrogen) atoms. The maximum absolute atomic E-state index is 2.40. The average molecular weight is 770 g/mol. The van der Waals surface area contributed by atoms with Gasteiger partial charge in [-0.1, -0.05) is 103 Å². The van der Waals surface area contributed by atoms with E-state index in [1.54, 1.807) is 0 Å². The van der Waals surface area contributed by atoms with Crippen molar-refractivity contribution in [1.29, 1.82) is 0 Å². The molecule has 0 saturated heterocycles. The lowest BCUT2D eigenvalue weighted by molar-refractivity contribution is 1.09. The number of hydrogen-bond donors (Lipinski definition) is 0. The first-order valence-electron chi connectivity index (χ1n) is 20.6. The van der Waals surface area contributed by atoms with E-state index in [0.29, 0.717) is 0 Å². The summed E-state index contributed by atoms with van der Waals surface area (Å²) in [5.41, 5.74) is 19.8. The highest BCUT2D eigenvalue weighted by Crippen LogP contribution is 2.57. The van der Waals surface area contributed by atoms with Crippen LogP contribution in [0.25, 0.3) is 0 Å². The van der Waals surface area contributed by atoms with E-state index in [4.69, 9.17) is 0 Å². The van der Waals surface area contributed by atoms with Crippen LogP contribution in [0.3, 0.4) is 0 Å². The quantitative estimate of drug-likeness (QED) is 0.173. The molecule has 0 atom stereocenters. The third kappa shape index (κ3) is 5.33. The lowest BCUT2D eigenvalue weighted by atomic mass is 9.95. The number of hydrogen-bond acceptors (Lipinski definition) is 5. The van der Waals surface area contributed by atoms with Crippen LogP contribution in [-0.4, -0.2) is 0 Å². The second-order valence-electron chi connectivity index (χ2n) is 15.4. The first kappa shape index (κ1) is 34.1. The third-order valence-electron chi connectivity index (χ3n) is 12.0. The summed E-state index contributed by atoms with van der Waals surface area (Å²) in [5.74, 6) is 0. The summed E-state index contributed by atoms with van der Waals surface area (Å²) < 4.78 is 0. The minimum atomic E-state index is 0.940. The molecule has 3 heterocycles. The van der Waals surface area contributed by atoms with Crippen molar-refractivity contribution in [1.82, 2.24) is 0 Å². The topological polar surface area (TPSA) is 16.2 Å². The Balaban J connectivity index is 0.918. The Hall–Kier alpha value is -8.02. The van der Waals surface area contributed by atoms with Gasteiger partial charge >= 0.3 is 0 Å². The lowest BCUT2D eigenvalue weighted by Crippen LogP contribution is -2.24. The fourth-order valence-electron chi connectivity index (χ4n) is 9.45. The number of rotatable bonds is 5. The van der Waals surface area contributed by atoms with Gasteiger partial charge in [0, 0.05) is 46.2 Å². The van der Waals surface area contributed by atoms with Crippen LogP contribution in [0.1, 0.15) is 11.1 Å². The summed E-state index contributed by atoms with van der Waals surface area (Å²) in [4.78, 5) is 12.0. The molecule has 5 nitrogen and oxygen atoms in total. The van der Waals surface area contributed by atoms with Gasteiger partial charge in [0.1, 0.15) is 0 Å². The minimum Gasteiger partial charge on any atom is -0.310 e. The predicted molar refractivity (Wildman–Crippen MR) is 250 cm³/mol. The van der Waals surface area contributed by atoms with Crippen molar-refractivity contribution >= 4 is 85.3 Å². The highest BCUT2D eigenvalue weighted by molar-refractivity contribution is 6.04. The third-order valence-corrected chi connectivity index (χ3v) is 12.0. The number of fused-ring (bicyclic) bond motifs is 6. The zero-order valence-electron chi connectivity index (χ0n) is 32.8. The fraction of sp³-hybridized carbons (Fsp3) is 0.0182. The van der Waals surface area contributed by atoms with E-state index in [-0.39, 0.29) is 0 Å². The molecule has 284 valence electrons. The molecule has 9 aromatic rings.